The van der Waals surface area contributed by atoms with Crippen LogP contribution in [0.25, 0.3) is 0 Å². The number of nitriles is 1. The monoisotopic (exact) mass is 129 g/mol. The molecule has 0 aliphatic carbocycles. The van der Waals surface area contributed by atoms with E-state index in [0.717, 1.165) is 6.54 Å². The van der Waals surface area contributed by atoms with E-state index >= 15 is 0 Å². The van der Waals surface area contributed by atoms with E-state index in [4.69, 9.17) is 5.26 Å². The van der Waals surface area contributed by atoms with Gasteiger partial charge in [-0.1, -0.05) is 0 Å². The highest BCUT2D eigenvalue weighted by Crippen LogP contribution is 1.76. The molecule has 0 amide bonds. The van der Waals surface area contributed by atoms with E-state index < -0.39 is 0 Å². The van der Waals surface area contributed by atoms with E-state index in [1.54, 1.807) is 6.19 Å². The Hall–Kier alpha value is -0.690. The SMILES string of the molecule is CCN/C(S)=N\C#N. The fraction of sp³-hybridized carbons (Fsp3) is 0.500. The maximum Gasteiger partial charge on any atom is 0.208 e. The molecule has 0 spiro atoms. The van der Waals surface area contributed by atoms with Gasteiger partial charge in [-0.3, -0.25) is 0 Å². The van der Waals surface area contributed by atoms with Crippen molar-refractivity contribution in [3.63, 3.8) is 0 Å². The molecule has 0 aliphatic rings. The molecule has 4 heteroatoms. The molecule has 0 saturated heterocycles. The Morgan fingerprint density at radius 3 is 3.00 bits per heavy atom. The van der Waals surface area contributed by atoms with Gasteiger partial charge in [0.1, 0.15) is 0 Å². The summed E-state index contributed by atoms with van der Waals surface area (Å²) in [5.41, 5.74) is 0. The van der Waals surface area contributed by atoms with Crippen LogP contribution in [0.1, 0.15) is 6.92 Å². The first-order valence-corrected chi connectivity index (χ1v) is 2.65. The summed E-state index contributed by atoms with van der Waals surface area (Å²) in [6, 6.07) is 0. The molecule has 0 heterocycles. The van der Waals surface area contributed by atoms with Crippen LogP contribution in [0.4, 0.5) is 0 Å². The van der Waals surface area contributed by atoms with Crippen molar-refractivity contribution in [3.05, 3.63) is 0 Å². The predicted molar refractivity (Wildman–Crippen MR) is 35.7 cm³/mol. The highest BCUT2D eigenvalue weighted by atomic mass is 32.1. The first kappa shape index (κ1) is 7.31. The molecule has 0 bridgehead atoms. The zero-order valence-corrected chi connectivity index (χ0v) is 5.44. The van der Waals surface area contributed by atoms with Gasteiger partial charge in [-0.25, -0.2) is 0 Å². The van der Waals surface area contributed by atoms with Crippen LogP contribution in [0.2, 0.25) is 0 Å². The predicted octanol–water partition coefficient (Wildman–Crippen LogP) is 0.363. The molecular weight excluding hydrogens is 122 g/mol. The summed E-state index contributed by atoms with van der Waals surface area (Å²) in [5.74, 6) is 0. The summed E-state index contributed by atoms with van der Waals surface area (Å²) in [7, 11) is 0. The lowest BCUT2D eigenvalue weighted by molar-refractivity contribution is 0.982. The molecule has 1 N–H and O–H groups in total. The minimum Gasteiger partial charge on any atom is -0.364 e. The zero-order valence-electron chi connectivity index (χ0n) is 4.55. The third-order valence-electron chi connectivity index (χ3n) is 0.491. The Labute approximate surface area is 53.8 Å². The Kier molecular flexibility index (Phi) is 4.08. The number of amidine groups is 1. The maximum atomic E-state index is 7.94. The summed E-state index contributed by atoms with van der Waals surface area (Å²) in [5, 5.41) is 11.0. The molecule has 0 fully saturated rings. The van der Waals surface area contributed by atoms with E-state index in [9.17, 15) is 0 Å². The number of hydrogen-bond acceptors (Lipinski definition) is 2. The fourth-order valence-corrected chi connectivity index (χ4v) is 0.448. The van der Waals surface area contributed by atoms with Gasteiger partial charge in [-0.05, 0) is 6.92 Å². The lowest BCUT2D eigenvalue weighted by Crippen LogP contribution is -2.16. The van der Waals surface area contributed by atoms with E-state index in [1.165, 1.54) is 0 Å². The average Bonchev–Trinajstić information content (AvgIpc) is 1.68. The normalized spacial score (nSPS) is 10.4. The van der Waals surface area contributed by atoms with Crippen molar-refractivity contribution in [2.75, 3.05) is 6.54 Å². The van der Waals surface area contributed by atoms with Gasteiger partial charge >= 0.3 is 0 Å². The van der Waals surface area contributed by atoms with Gasteiger partial charge in [0.25, 0.3) is 0 Å². The van der Waals surface area contributed by atoms with Gasteiger partial charge in [0, 0.05) is 6.54 Å². The summed E-state index contributed by atoms with van der Waals surface area (Å²) < 4.78 is 0. The average molecular weight is 129 g/mol. The van der Waals surface area contributed by atoms with Crippen LogP contribution < -0.4 is 5.32 Å². The number of hydrogen-bond donors (Lipinski definition) is 2. The molecule has 0 aliphatic heterocycles. The number of rotatable bonds is 1. The van der Waals surface area contributed by atoms with Gasteiger partial charge in [-0.2, -0.15) is 5.26 Å². The van der Waals surface area contributed by atoms with Crippen molar-refractivity contribution < 1.29 is 0 Å². The van der Waals surface area contributed by atoms with E-state index in [2.05, 4.69) is 22.9 Å². The lowest BCUT2D eigenvalue weighted by atomic mass is 10.8. The molecule has 0 aromatic rings. The van der Waals surface area contributed by atoms with Gasteiger partial charge in [-0.15, -0.1) is 17.6 Å². The Balaban J connectivity index is 3.49. The fourth-order valence-electron chi connectivity index (χ4n) is 0.245. The van der Waals surface area contributed by atoms with E-state index in [-0.39, 0.29) is 0 Å². The highest BCUT2D eigenvalue weighted by molar-refractivity contribution is 7.96. The maximum absolute atomic E-state index is 7.94. The summed E-state index contributed by atoms with van der Waals surface area (Å²) in [6.07, 6.45) is 1.60. The lowest BCUT2D eigenvalue weighted by Gasteiger charge is -1.93. The number of thiol groups is 1. The third-order valence-corrected chi connectivity index (χ3v) is 0.749. The Morgan fingerprint density at radius 1 is 2.00 bits per heavy atom. The van der Waals surface area contributed by atoms with Crippen LogP contribution >= 0.6 is 12.6 Å². The minimum absolute atomic E-state index is 0.370. The molecule has 44 valence electrons. The van der Waals surface area contributed by atoms with Crippen LogP contribution in [0.15, 0.2) is 4.99 Å². The zero-order chi connectivity index (χ0) is 6.41. The quantitative estimate of drug-likeness (QED) is 0.232. The summed E-state index contributed by atoms with van der Waals surface area (Å²) in [6.45, 7) is 2.65. The van der Waals surface area contributed by atoms with Gasteiger partial charge in [0.15, 0.2) is 5.17 Å². The van der Waals surface area contributed by atoms with Crippen molar-refractivity contribution in [1.29, 1.82) is 5.26 Å². The first-order valence-electron chi connectivity index (χ1n) is 2.21. The van der Waals surface area contributed by atoms with Crippen LogP contribution in [0.5, 0.6) is 0 Å². The first-order chi connectivity index (χ1) is 3.81. The van der Waals surface area contributed by atoms with E-state index in [1.807, 2.05) is 6.92 Å². The largest absolute Gasteiger partial charge is 0.364 e. The van der Waals surface area contributed by atoms with Crippen LogP contribution in [-0.2, 0) is 0 Å². The van der Waals surface area contributed by atoms with E-state index in [0.29, 0.717) is 5.17 Å². The Morgan fingerprint density at radius 2 is 2.62 bits per heavy atom. The number of nitrogens with zero attached hydrogens (tertiary/aromatic N) is 2. The molecule has 0 aromatic heterocycles. The molecule has 0 saturated carbocycles. The molecule has 0 radical (unpaired) electrons. The second kappa shape index (κ2) is 4.47. The molecule has 0 unspecified atom stereocenters. The van der Waals surface area contributed by atoms with Crippen molar-refractivity contribution in [3.8, 4) is 6.19 Å². The molecule has 0 atom stereocenters. The molecule has 3 nitrogen and oxygen atoms in total. The molecule has 8 heavy (non-hydrogen) atoms. The summed E-state index contributed by atoms with van der Waals surface area (Å²) in [4.78, 5) is 3.29. The van der Waals surface area contributed by atoms with Gasteiger partial charge in [0.2, 0.25) is 6.19 Å². The smallest absolute Gasteiger partial charge is 0.208 e. The van der Waals surface area contributed by atoms with Crippen molar-refractivity contribution in [2.45, 2.75) is 6.92 Å². The number of nitrogens with one attached hydrogen (secondary N) is 1. The van der Waals surface area contributed by atoms with Crippen LogP contribution in [0, 0.1) is 11.5 Å². The highest BCUT2D eigenvalue weighted by Gasteiger charge is 1.81. The second-order valence-electron chi connectivity index (χ2n) is 1.07. The Bertz CT molecular complexity index is 124. The minimum atomic E-state index is 0.370. The molecule has 0 rings (SSSR count). The topological polar surface area (TPSA) is 48.2 Å². The summed E-state index contributed by atoms with van der Waals surface area (Å²) >= 11 is 3.81. The van der Waals surface area contributed by atoms with Crippen molar-refractivity contribution >= 4 is 17.8 Å². The van der Waals surface area contributed by atoms with Gasteiger partial charge in [0.05, 0.1) is 0 Å². The van der Waals surface area contributed by atoms with Crippen molar-refractivity contribution in [2.24, 2.45) is 4.99 Å². The van der Waals surface area contributed by atoms with Gasteiger partial charge < -0.3 is 5.32 Å². The van der Waals surface area contributed by atoms with Crippen LogP contribution in [0.3, 0.4) is 0 Å². The second-order valence-corrected chi connectivity index (χ2v) is 1.49. The molecular formula is C4H7N3S. The number of aliphatic imine (C=N–C) groups is 1. The standard InChI is InChI=1S/C4H7N3S/c1-2-6-4(8)7-3-5/h2H2,1H3,(H2,6,7,8). The van der Waals surface area contributed by atoms with Crippen molar-refractivity contribution in [1.82, 2.24) is 5.32 Å². The third kappa shape index (κ3) is 3.50. The van der Waals surface area contributed by atoms with Crippen LogP contribution in [-0.4, -0.2) is 11.7 Å². The molecule has 0 aromatic carbocycles.